The molecule has 0 atom stereocenters. The molecule has 0 saturated carbocycles. The number of rotatable bonds is 4. The van der Waals surface area contributed by atoms with E-state index in [4.69, 9.17) is 4.42 Å². The second kappa shape index (κ2) is 6.39. The molecule has 118 valence electrons. The lowest BCUT2D eigenvalue weighted by molar-refractivity contribution is 0.0594. The summed E-state index contributed by atoms with van der Waals surface area (Å²) in [5.74, 6) is -0.660. The van der Waals surface area contributed by atoms with Crippen LogP contribution in [-0.4, -0.2) is 29.0 Å². The Morgan fingerprint density at radius 1 is 1.43 bits per heavy atom. The predicted molar refractivity (Wildman–Crippen MR) is 87.6 cm³/mol. The van der Waals surface area contributed by atoms with E-state index in [1.54, 1.807) is 29.8 Å². The van der Waals surface area contributed by atoms with Crippen molar-refractivity contribution in [1.29, 1.82) is 0 Å². The van der Waals surface area contributed by atoms with E-state index in [9.17, 15) is 9.59 Å². The summed E-state index contributed by atoms with van der Waals surface area (Å²) < 4.78 is 10.3. The molecule has 3 rings (SSSR count). The van der Waals surface area contributed by atoms with Gasteiger partial charge in [0, 0.05) is 17.1 Å². The van der Waals surface area contributed by atoms with E-state index in [1.807, 2.05) is 0 Å². The van der Waals surface area contributed by atoms with Gasteiger partial charge in [0.1, 0.15) is 5.69 Å². The molecule has 3 heterocycles. The number of hydrogen-bond acceptors (Lipinski definition) is 6. The van der Waals surface area contributed by atoms with Gasteiger partial charge in [0.25, 0.3) is 5.91 Å². The number of halogens is 1. The fourth-order valence-corrected chi connectivity index (χ4v) is 2.85. The van der Waals surface area contributed by atoms with Gasteiger partial charge in [-0.3, -0.25) is 10.1 Å². The molecular weight excluding hydrogens is 386 g/mol. The lowest BCUT2D eigenvalue weighted by Gasteiger charge is -1.97. The monoisotopic (exact) mass is 395 g/mol. The normalized spacial score (nSPS) is 10.5. The number of nitrogens with zero attached hydrogens (tertiary/aromatic N) is 1. The lowest BCUT2D eigenvalue weighted by atomic mass is 10.2. The number of aromatic amines is 1. The number of furan rings is 1. The van der Waals surface area contributed by atoms with Crippen molar-refractivity contribution in [2.24, 2.45) is 0 Å². The fraction of sp³-hybridized carbons (Fsp3) is 0.0714. The summed E-state index contributed by atoms with van der Waals surface area (Å²) in [5.41, 5.74) is 1.70. The van der Waals surface area contributed by atoms with Crippen LogP contribution in [0.25, 0.3) is 11.3 Å². The van der Waals surface area contributed by atoms with E-state index >= 15 is 0 Å². The first-order valence-electron chi connectivity index (χ1n) is 6.36. The molecule has 23 heavy (non-hydrogen) atoms. The first-order chi connectivity index (χ1) is 11.1. The average Bonchev–Trinajstić information content (AvgIpc) is 3.25. The minimum atomic E-state index is -0.455. The number of carbonyl (C=O) groups is 2. The number of anilines is 1. The second-order valence-electron chi connectivity index (χ2n) is 4.39. The van der Waals surface area contributed by atoms with Gasteiger partial charge in [-0.1, -0.05) is 0 Å². The third-order valence-corrected chi connectivity index (χ3v) is 4.09. The summed E-state index contributed by atoms with van der Waals surface area (Å²) in [6, 6.07) is 4.83. The molecule has 0 radical (unpaired) electrons. The SMILES string of the molecule is COC(=O)c1cc(-c2csc(NC(=O)c3ccc(Br)o3)n2)c[nH]1. The highest BCUT2D eigenvalue weighted by atomic mass is 79.9. The molecule has 0 saturated heterocycles. The molecule has 2 N–H and O–H groups in total. The third-order valence-electron chi connectivity index (χ3n) is 2.91. The van der Waals surface area contributed by atoms with Crippen molar-refractivity contribution in [2.45, 2.75) is 0 Å². The van der Waals surface area contributed by atoms with Gasteiger partial charge in [-0.15, -0.1) is 11.3 Å². The molecule has 0 aliphatic carbocycles. The summed E-state index contributed by atoms with van der Waals surface area (Å²) in [6.45, 7) is 0. The number of esters is 1. The quantitative estimate of drug-likeness (QED) is 0.658. The van der Waals surface area contributed by atoms with Crippen LogP contribution in [0.1, 0.15) is 21.0 Å². The van der Waals surface area contributed by atoms with Gasteiger partial charge in [0.15, 0.2) is 15.6 Å². The summed E-state index contributed by atoms with van der Waals surface area (Å²) >= 11 is 4.41. The number of carbonyl (C=O) groups excluding carboxylic acids is 2. The zero-order valence-corrected chi connectivity index (χ0v) is 14.2. The highest BCUT2D eigenvalue weighted by Gasteiger charge is 2.15. The maximum atomic E-state index is 12.0. The molecule has 0 spiro atoms. The number of amides is 1. The van der Waals surface area contributed by atoms with Crippen LogP contribution < -0.4 is 5.32 Å². The third kappa shape index (κ3) is 3.35. The summed E-state index contributed by atoms with van der Waals surface area (Å²) in [5, 5.41) is 4.86. The zero-order valence-electron chi connectivity index (χ0n) is 11.8. The number of ether oxygens (including phenoxy) is 1. The number of H-pyrrole nitrogens is 1. The Morgan fingerprint density at radius 3 is 2.96 bits per heavy atom. The first-order valence-corrected chi connectivity index (χ1v) is 8.03. The molecule has 3 aromatic rings. The molecular formula is C14H10BrN3O4S. The molecule has 9 heteroatoms. The Kier molecular flexibility index (Phi) is 4.30. The summed E-state index contributed by atoms with van der Waals surface area (Å²) in [6.07, 6.45) is 1.65. The molecule has 0 aliphatic heterocycles. The number of methoxy groups -OCH3 is 1. The van der Waals surface area contributed by atoms with E-state index in [0.29, 0.717) is 21.2 Å². The molecule has 0 unspecified atom stereocenters. The van der Waals surface area contributed by atoms with E-state index in [-0.39, 0.29) is 11.7 Å². The lowest BCUT2D eigenvalue weighted by Crippen LogP contribution is -2.10. The van der Waals surface area contributed by atoms with E-state index in [2.05, 4.69) is 36.0 Å². The topological polar surface area (TPSA) is 97.2 Å². The number of hydrogen-bond donors (Lipinski definition) is 2. The van der Waals surface area contributed by atoms with E-state index in [0.717, 1.165) is 5.56 Å². The molecule has 0 fully saturated rings. The molecule has 3 aromatic heterocycles. The largest absolute Gasteiger partial charge is 0.464 e. The van der Waals surface area contributed by atoms with E-state index < -0.39 is 5.97 Å². The molecule has 0 bridgehead atoms. The van der Waals surface area contributed by atoms with Gasteiger partial charge < -0.3 is 14.1 Å². The maximum absolute atomic E-state index is 12.0. The van der Waals surface area contributed by atoms with Crippen LogP contribution in [-0.2, 0) is 4.74 Å². The van der Waals surface area contributed by atoms with Gasteiger partial charge in [0.05, 0.1) is 12.8 Å². The number of aromatic nitrogens is 2. The molecule has 0 aliphatic rings. The molecule has 1 amide bonds. The van der Waals surface area contributed by atoms with Gasteiger partial charge in [-0.25, -0.2) is 9.78 Å². The van der Waals surface area contributed by atoms with Gasteiger partial charge in [-0.2, -0.15) is 0 Å². The Morgan fingerprint density at radius 2 is 2.26 bits per heavy atom. The van der Waals surface area contributed by atoms with Crippen LogP contribution in [0.3, 0.4) is 0 Å². The smallest absolute Gasteiger partial charge is 0.354 e. The standard InChI is InChI=1S/C14H10BrN3O4S/c1-21-13(20)8-4-7(5-16-8)9-6-23-14(17-9)18-12(19)10-2-3-11(15)22-10/h2-6,16H,1H3,(H,17,18,19). The average molecular weight is 396 g/mol. The van der Waals surface area contributed by atoms with Crippen LogP contribution in [0, 0.1) is 0 Å². The molecule has 7 nitrogen and oxygen atoms in total. The van der Waals surface area contributed by atoms with Gasteiger partial charge >= 0.3 is 5.97 Å². The first kappa shape index (κ1) is 15.5. The van der Waals surface area contributed by atoms with E-state index in [1.165, 1.54) is 18.4 Å². The van der Waals surface area contributed by atoms with Crippen LogP contribution in [0.15, 0.2) is 38.9 Å². The second-order valence-corrected chi connectivity index (χ2v) is 6.03. The number of thiazole rings is 1. The van der Waals surface area contributed by atoms with Crippen LogP contribution >= 0.6 is 27.3 Å². The van der Waals surface area contributed by atoms with Crippen molar-refractivity contribution in [1.82, 2.24) is 9.97 Å². The minimum absolute atomic E-state index is 0.184. The Bertz CT molecular complexity index is 867. The summed E-state index contributed by atoms with van der Waals surface area (Å²) in [7, 11) is 1.31. The fourth-order valence-electron chi connectivity index (χ4n) is 1.83. The zero-order chi connectivity index (χ0) is 16.4. The van der Waals surface area contributed by atoms with Crippen molar-refractivity contribution in [3.05, 3.63) is 45.9 Å². The maximum Gasteiger partial charge on any atom is 0.354 e. The highest BCUT2D eigenvalue weighted by molar-refractivity contribution is 9.10. The van der Waals surface area contributed by atoms with Crippen molar-refractivity contribution in [2.75, 3.05) is 12.4 Å². The highest BCUT2D eigenvalue weighted by Crippen LogP contribution is 2.26. The van der Waals surface area contributed by atoms with Gasteiger partial charge in [0.2, 0.25) is 0 Å². The predicted octanol–water partition coefficient (Wildman–Crippen LogP) is 3.53. The van der Waals surface area contributed by atoms with Crippen molar-refractivity contribution < 1.29 is 18.7 Å². The Labute approximate surface area is 142 Å². The Hall–Kier alpha value is -2.39. The minimum Gasteiger partial charge on any atom is -0.464 e. The molecule has 0 aromatic carbocycles. The van der Waals surface area contributed by atoms with Crippen LogP contribution in [0.4, 0.5) is 5.13 Å². The summed E-state index contributed by atoms with van der Waals surface area (Å²) in [4.78, 5) is 30.5. The Balaban J connectivity index is 1.74. The van der Waals surface area contributed by atoms with Crippen molar-refractivity contribution >= 4 is 44.3 Å². The van der Waals surface area contributed by atoms with Crippen LogP contribution in [0.2, 0.25) is 0 Å². The van der Waals surface area contributed by atoms with Crippen LogP contribution in [0.5, 0.6) is 0 Å². The number of nitrogens with one attached hydrogen (secondary N) is 2. The van der Waals surface area contributed by atoms with Crippen molar-refractivity contribution in [3.63, 3.8) is 0 Å². The van der Waals surface area contributed by atoms with Crippen molar-refractivity contribution in [3.8, 4) is 11.3 Å². The van der Waals surface area contributed by atoms with Gasteiger partial charge in [-0.05, 0) is 34.1 Å².